The van der Waals surface area contributed by atoms with Crippen molar-refractivity contribution in [2.75, 3.05) is 26.2 Å². The number of ether oxygens (including phenoxy) is 2. The number of nitrogens with zero attached hydrogens (tertiary/aromatic N) is 1. The molecule has 6 heteroatoms. The lowest BCUT2D eigenvalue weighted by molar-refractivity contribution is -0.133. The second-order valence-corrected chi connectivity index (χ2v) is 7.25. The van der Waals surface area contributed by atoms with Crippen LogP contribution >= 0.6 is 0 Å². The van der Waals surface area contributed by atoms with Crippen molar-refractivity contribution >= 4 is 5.91 Å². The highest BCUT2D eigenvalue weighted by Crippen LogP contribution is 2.22. The van der Waals surface area contributed by atoms with E-state index in [0.29, 0.717) is 13.1 Å². The Morgan fingerprint density at radius 2 is 1.86 bits per heavy atom. The molecule has 0 saturated carbocycles. The van der Waals surface area contributed by atoms with Crippen molar-refractivity contribution in [1.29, 1.82) is 0 Å². The van der Waals surface area contributed by atoms with Crippen molar-refractivity contribution in [3.05, 3.63) is 0 Å². The van der Waals surface area contributed by atoms with Gasteiger partial charge in [-0.05, 0) is 40.5 Å². The van der Waals surface area contributed by atoms with Gasteiger partial charge < -0.3 is 20.5 Å². The maximum atomic E-state index is 12.2. The second kappa shape index (κ2) is 7.25. The van der Waals surface area contributed by atoms with Crippen molar-refractivity contribution in [2.45, 2.75) is 70.5 Å². The number of rotatable bonds is 5. The molecule has 2 aliphatic rings. The van der Waals surface area contributed by atoms with Crippen molar-refractivity contribution in [3.63, 3.8) is 0 Å². The molecule has 3 N–H and O–H groups in total. The molecular weight excluding hydrogens is 282 g/mol. The summed E-state index contributed by atoms with van der Waals surface area (Å²) in [5, 5.41) is 3.05. The van der Waals surface area contributed by atoms with Gasteiger partial charge in [-0.2, -0.15) is 0 Å². The van der Waals surface area contributed by atoms with Crippen LogP contribution in [0, 0.1) is 0 Å². The Hall–Kier alpha value is -0.690. The van der Waals surface area contributed by atoms with E-state index in [4.69, 9.17) is 15.2 Å². The van der Waals surface area contributed by atoms with Crippen LogP contribution in [0.1, 0.15) is 40.5 Å². The van der Waals surface area contributed by atoms with Crippen LogP contribution in [0.15, 0.2) is 0 Å². The monoisotopic (exact) mass is 313 g/mol. The minimum atomic E-state index is -0.341. The first-order valence-electron chi connectivity index (χ1n) is 8.35. The molecule has 0 aromatic carbocycles. The Morgan fingerprint density at radius 3 is 2.41 bits per heavy atom. The van der Waals surface area contributed by atoms with E-state index in [1.807, 2.05) is 0 Å². The number of morpholine rings is 1. The Labute approximate surface area is 133 Å². The van der Waals surface area contributed by atoms with Crippen LogP contribution in [0.5, 0.6) is 0 Å². The summed E-state index contributed by atoms with van der Waals surface area (Å²) < 4.78 is 11.4. The predicted molar refractivity (Wildman–Crippen MR) is 85.6 cm³/mol. The molecule has 128 valence electrons. The summed E-state index contributed by atoms with van der Waals surface area (Å²) in [7, 11) is 0. The number of hydrogen-bond donors (Lipinski definition) is 2. The van der Waals surface area contributed by atoms with Crippen LogP contribution in [0.2, 0.25) is 0 Å². The lowest BCUT2D eigenvalue weighted by Gasteiger charge is -2.45. The van der Waals surface area contributed by atoms with Crippen LogP contribution in [-0.4, -0.2) is 66.9 Å². The molecule has 2 fully saturated rings. The van der Waals surface area contributed by atoms with Gasteiger partial charge >= 0.3 is 0 Å². The van der Waals surface area contributed by atoms with E-state index >= 15 is 0 Å². The normalized spacial score (nSPS) is 33.9. The van der Waals surface area contributed by atoms with Gasteiger partial charge in [0, 0.05) is 31.7 Å². The smallest absolute Gasteiger partial charge is 0.249 e. The molecule has 0 radical (unpaired) electrons. The molecule has 1 amide bonds. The van der Waals surface area contributed by atoms with Gasteiger partial charge in [0.05, 0.1) is 18.3 Å². The van der Waals surface area contributed by atoms with E-state index in [1.165, 1.54) is 0 Å². The van der Waals surface area contributed by atoms with E-state index in [2.05, 4.69) is 37.9 Å². The fourth-order valence-corrected chi connectivity index (χ4v) is 3.27. The van der Waals surface area contributed by atoms with Gasteiger partial charge in [0.1, 0.15) is 6.10 Å². The zero-order valence-electron chi connectivity index (χ0n) is 14.3. The molecule has 4 atom stereocenters. The third-order valence-electron chi connectivity index (χ3n) is 4.63. The van der Waals surface area contributed by atoms with Gasteiger partial charge in [0.2, 0.25) is 5.91 Å². The molecule has 2 aliphatic heterocycles. The van der Waals surface area contributed by atoms with E-state index < -0.39 is 0 Å². The summed E-state index contributed by atoms with van der Waals surface area (Å²) in [6, 6.07) is 0. The number of hydrogen-bond acceptors (Lipinski definition) is 5. The van der Waals surface area contributed by atoms with Gasteiger partial charge in [0.15, 0.2) is 0 Å². The van der Waals surface area contributed by atoms with Crippen LogP contribution < -0.4 is 11.1 Å². The summed E-state index contributed by atoms with van der Waals surface area (Å²) in [5.74, 6) is -0.0154. The third-order valence-corrected chi connectivity index (χ3v) is 4.63. The molecule has 2 unspecified atom stereocenters. The first-order chi connectivity index (χ1) is 10.3. The van der Waals surface area contributed by atoms with Gasteiger partial charge in [0.25, 0.3) is 0 Å². The number of amides is 1. The Balaban J connectivity index is 1.83. The molecule has 2 heterocycles. The Morgan fingerprint density at radius 1 is 1.23 bits per heavy atom. The highest BCUT2D eigenvalue weighted by molar-refractivity contribution is 5.81. The molecule has 22 heavy (non-hydrogen) atoms. The zero-order chi connectivity index (χ0) is 16.3. The van der Waals surface area contributed by atoms with Crippen LogP contribution in [0.4, 0.5) is 0 Å². The maximum absolute atomic E-state index is 12.2. The highest BCUT2D eigenvalue weighted by atomic mass is 16.5. The predicted octanol–water partition coefficient (Wildman–Crippen LogP) is 0.497. The van der Waals surface area contributed by atoms with Crippen LogP contribution in [-0.2, 0) is 14.3 Å². The first kappa shape index (κ1) is 17.7. The molecule has 0 bridgehead atoms. The molecule has 0 aromatic rings. The summed E-state index contributed by atoms with van der Waals surface area (Å²) >= 11 is 0. The molecule has 2 rings (SSSR count). The lowest BCUT2D eigenvalue weighted by atomic mass is 10.00. The van der Waals surface area contributed by atoms with E-state index in [-0.39, 0.29) is 35.9 Å². The fraction of sp³-hybridized carbons (Fsp3) is 0.938. The number of carbonyl (C=O) groups is 1. The van der Waals surface area contributed by atoms with Gasteiger partial charge in [-0.3, -0.25) is 9.69 Å². The van der Waals surface area contributed by atoms with Crippen LogP contribution in [0.3, 0.4) is 0 Å². The number of carbonyl (C=O) groups excluding carboxylic acids is 1. The zero-order valence-corrected chi connectivity index (χ0v) is 14.3. The summed E-state index contributed by atoms with van der Waals surface area (Å²) in [4.78, 5) is 14.6. The van der Waals surface area contributed by atoms with Crippen molar-refractivity contribution in [3.8, 4) is 0 Å². The molecule has 0 aliphatic carbocycles. The van der Waals surface area contributed by atoms with E-state index in [1.54, 1.807) is 0 Å². The minimum Gasteiger partial charge on any atom is -0.373 e. The molecule has 2 saturated heterocycles. The second-order valence-electron chi connectivity index (χ2n) is 7.25. The molecule has 0 aromatic heterocycles. The molecule has 0 spiro atoms. The van der Waals surface area contributed by atoms with Crippen molar-refractivity contribution in [2.24, 2.45) is 5.73 Å². The average Bonchev–Trinajstić information content (AvgIpc) is 2.93. The largest absolute Gasteiger partial charge is 0.373 e. The standard InChI is InChI=1S/C16H31N3O3/c1-11-8-19(9-12(2)21-11)16(3,4)10-18-15(20)14-6-5-13(7-17)22-14/h11-14H,5-10,17H2,1-4H3,(H,18,20)/t11?,12?,13-,14+/m1/s1. The van der Waals surface area contributed by atoms with Crippen molar-refractivity contribution in [1.82, 2.24) is 10.2 Å². The van der Waals surface area contributed by atoms with E-state index in [9.17, 15) is 4.79 Å². The van der Waals surface area contributed by atoms with Gasteiger partial charge in [-0.15, -0.1) is 0 Å². The topological polar surface area (TPSA) is 76.8 Å². The van der Waals surface area contributed by atoms with Crippen LogP contribution in [0.25, 0.3) is 0 Å². The number of nitrogens with one attached hydrogen (secondary N) is 1. The first-order valence-corrected chi connectivity index (χ1v) is 8.35. The van der Waals surface area contributed by atoms with E-state index in [0.717, 1.165) is 25.9 Å². The molecule has 6 nitrogen and oxygen atoms in total. The minimum absolute atomic E-state index is 0.0154. The Kier molecular flexibility index (Phi) is 5.82. The van der Waals surface area contributed by atoms with Gasteiger partial charge in [-0.1, -0.05) is 0 Å². The lowest BCUT2D eigenvalue weighted by Crippen LogP contribution is -2.59. The van der Waals surface area contributed by atoms with Crippen molar-refractivity contribution < 1.29 is 14.3 Å². The quantitative estimate of drug-likeness (QED) is 0.773. The summed E-state index contributed by atoms with van der Waals surface area (Å²) in [6.45, 7) is 11.4. The number of nitrogens with two attached hydrogens (primary N) is 1. The summed E-state index contributed by atoms with van der Waals surface area (Å²) in [5.41, 5.74) is 5.48. The average molecular weight is 313 g/mol. The third kappa shape index (κ3) is 4.41. The summed E-state index contributed by atoms with van der Waals surface area (Å²) in [6.07, 6.45) is 1.77. The molecular formula is C16H31N3O3. The fourth-order valence-electron chi connectivity index (χ4n) is 3.27. The van der Waals surface area contributed by atoms with Gasteiger partial charge in [-0.25, -0.2) is 0 Å². The highest BCUT2D eigenvalue weighted by Gasteiger charge is 2.35. The maximum Gasteiger partial charge on any atom is 0.249 e. The SMILES string of the molecule is CC1CN(C(C)(C)CNC(=O)[C@@H]2CC[C@H](CN)O2)CC(C)O1. The Bertz CT molecular complexity index is 379.